The van der Waals surface area contributed by atoms with Crippen LogP contribution in [0, 0.1) is 0 Å². The molecule has 134 valence electrons. The zero-order valence-corrected chi connectivity index (χ0v) is 14.9. The predicted molar refractivity (Wildman–Crippen MR) is 89.2 cm³/mol. The van der Waals surface area contributed by atoms with Crippen molar-refractivity contribution < 1.29 is 27.4 Å². The molecule has 0 aliphatic carbocycles. The van der Waals surface area contributed by atoms with Crippen LogP contribution >= 0.6 is 34.8 Å². The molecule has 0 unspecified atom stereocenters. The van der Waals surface area contributed by atoms with Crippen LogP contribution in [0.25, 0.3) is 0 Å². The molecule has 9 heteroatoms. The number of carbonyl (C=O) groups excluding carboxylic acids is 1. The van der Waals surface area contributed by atoms with Crippen LogP contribution < -0.4 is 9.47 Å². The number of hydrogen-bond acceptors (Lipinski definition) is 3. The number of ether oxygens (including phenoxy) is 2. The van der Waals surface area contributed by atoms with Crippen LogP contribution in [0.1, 0.15) is 12.5 Å². The molecule has 0 fully saturated rings. The van der Waals surface area contributed by atoms with E-state index in [4.69, 9.17) is 44.3 Å². The molecule has 0 radical (unpaired) electrons. The molecule has 0 N–H and O–H groups in total. The fourth-order valence-electron chi connectivity index (χ4n) is 1.76. The van der Waals surface area contributed by atoms with E-state index in [1.165, 1.54) is 19.1 Å². The Balaban J connectivity index is 2.30. The van der Waals surface area contributed by atoms with Gasteiger partial charge in [-0.2, -0.15) is 13.2 Å². The number of benzene rings is 2. The molecular formula is C16H10Cl3F3O3. The van der Waals surface area contributed by atoms with Crippen molar-refractivity contribution in [3.8, 4) is 17.2 Å². The Bertz CT molecular complexity index is 807. The van der Waals surface area contributed by atoms with Crippen molar-refractivity contribution >= 4 is 40.6 Å². The fraction of sp³-hybridized carbons (Fsp3) is 0.188. The van der Waals surface area contributed by atoms with Crippen LogP contribution in [0.5, 0.6) is 17.2 Å². The van der Waals surface area contributed by atoms with Crippen molar-refractivity contribution in [1.29, 1.82) is 0 Å². The number of carbonyl (C=O) groups is 1. The SMILES string of the molecule is CC(=O)COc1cc(Oc2ccc(C(F)(F)F)cc2Cl)c(Cl)cc1Cl. The van der Waals surface area contributed by atoms with E-state index in [1.807, 2.05) is 0 Å². The second-order valence-corrected chi connectivity index (χ2v) is 6.17. The van der Waals surface area contributed by atoms with Crippen molar-refractivity contribution in [2.45, 2.75) is 13.1 Å². The van der Waals surface area contributed by atoms with Crippen LogP contribution in [0.3, 0.4) is 0 Å². The van der Waals surface area contributed by atoms with Crippen LogP contribution in [-0.2, 0) is 11.0 Å². The molecule has 0 saturated heterocycles. The van der Waals surface area contributed by atoms with Gasteiger partial charge in [-0.25, -0.2) is 0 Å². The van der Waals surface area contributed by atoms with Crippen LogP contribution in [0.15, 0.2) is 30.3 Å². The van der Waals surface area contributed by atoms with E-state index in [-0.39, 0.29) is 44.7 Å². The highest BCUT2D eigenvalue weighted by atomic mass is 35.5. The summed E-state index contributed by atoms with van der Waals surface area (Å²) in [5, 5.41) is 0.000280. The minimum atomic E-state index is -4.52. The molecule has 2 aromatic rings. The number of alkyl halides is 3. The van der Waals surface area contributed by atoms with Crippen LogP contribution in [-0.4, -0.2) is 12.4 Å². The van der Waals surface area contributed by atoms with E-state index >= 15 is 0 Å². The Morgan fingerprint density at radius 1 is 0.960 bits per heavy atom. The average Bonchev–Trinajstić information content (AvgIpc) is 2.49. The number of halogens is 6. The van der Waals surface area contributed by atoms with Gasteiger partial charge in [0.25, 0.3) is 0 Å². The minimum Gasteiger partial charge on any atom is -0.484 e. The molecule has 0 heterocycles. The number of rotatable bonds is 5. The normalized spacial score (nSPS) is 11.3. The third-order valence-corrected chi connectivity index (χ3v) is 3.78. The lowest BCUT2D eigenvalue weighted by Gasteiger charge is -2.14. The molecule has 2 rings (SSSR count). The Labute approximate surface area is 156 Å². The Morgan fingerprint density at radius 2 is 1.56 bits per heavy atom. The van der Waals surface area contributed by atoms with Gasteiger partial charge in [0.2, 0.25) is 0 Å². The molecule has 2 aromatic carbocycles. The van der Waals surface area contributed by atoms with Gasteiger partial charge in [0, 0.05) is 6.07 Å². The molecule has 0 saturated carbocycles. The summed E-state index contributed by atoms with van der Waals surface area (Å²) in [6.07, 6.45) is -4.52. The van der Waals surface area contributed by atoms with Crippen molar-refractivity contribution in [3.05, 3.63) is 51.0 Å². The van der Waals surface area contributed by atoms with Gasteiger partial charge in [-0.15, -0.1) is 0 Å². The van der Waals surface area contributed by atoms with Gasteiger partial charge in [0.1, 0.15) is 23.9 Å². The van der Waals surface area contributed by atoms with Gasteiger partial charge in [-0.1, -0.05) is 34.8 Å². The molecule has 0 aliphatic heterocycles. The smallest absolute Gasteiger partial charge is 0.416 e. The second kappa shape index (κ2) is 7.72. The van der Waals surface area contributed by atoms with E-state index in [1.54, 1.807) is 0 Å². The highest BCUT2D eigenvalue weighted by Gasteiger charge is 2.31. The van der Waals surface area contributed by atoms with Gasteiger partial charge >= 0.3 is 6.18 Å². The highest BCUT2D eigenvalue weighted by Crippen LogP contribution is 2.41. The standard InChI is InChI=1S/C16H10Cl3F3O3/c1-8(23)7-24-14-6-15(12(19)5-11(14)18)25-13-3-2-9(4-10(13)17)16(20,21)22/h2-6H,7H2,1H3. The quantitative estimate of drug-likeness (QED) is 0.567. The maximum absolute atomic E-state index is 12.7. The first-order valence-electron chi connectivity index (χ1n) is 6.74. The average molecular weight is 414 g/mol. The predicted octanol–water partition coefficient (Wildman–Crippen LogP) is 6.43. The first-order valence-corrected chi connectivity index (χ1v) is 7.87. The summed E-state index contributed by atoms with van der Waals surface area (Å²) in [5.74, 6) is -0.0544. The van der Waals surface area contributed by atoms with E-state index in [0.717, 1.165) is 18.2 Å². The van der Waals surface area contributed by atoms with Gasteiger partial charge in [-0.3, -0.25) is 4.79 Å². The summed E-state index contributed by atoms with van der Waals surface area (Å²) in [6.45, 7) is 1.13. The number of Topliss-reactive ketones (excluding diaryl/α,β-unsaturated/α-hetero) is 1. The summed E-state index contributed by atoms with van der Waals surface area (Å²) < 4.78 is 48.7. The largest absolute Gasteiger partial charge is 0.484 e. The summed E-state index contributed by atoms with van der Waals surface area (Å²) in [7, 11) is 0. The van der Waals surface area contributed by atoms with Gasteiger partial charge in [0.15, 0.2) is 5.78 Å². The summed E-state index contributed by atoms with van der Waals surface area (Å²) in [6, 6.07) is 5.30. The number of ketones is 1. The molecule has 0 bridgehead atoms. The molecule has 0 spiro atoms. The number of hydrogen-bond donors (Lipinski definition) is 0. The maximum atomic E-state index is 12.7. The van der Waals surface area contributed by atoms with Gasteiger partial charge < -0.3 is 9.47 Å². The topological polar surface area (TPSA) is 35.5 Å². The Morgan fingerprint density at radius 3 is 2.12 bits per heavy atom. The highest BCUT2D eigenvalue weighted by molar-refractivity contribution is 6.36. The van der Waals surface area contributed by atoms with Crippen LogP contribution in [0.4, 0.5) is 13.2 Å². The van der Waals surface area contributed by atoms with Crippen LogP contribution in [0.2, 0.25) is 15.1 Å². The first kappa shape index (κ1) is 19.7. The molecule has 25 heavy (non-hydrogen) atoms. The molecular weight excluding hydrogens is 404 g/mol. The van der Waals surface area contributed by atoms with Crippen molar-refractivity contribution in [2.75, 3.05) is 6.61 Å². The summed E-state index contributed by atoms with van der Waals surface area (Å²) in [5.41, 5.74) is -0.905. The summed E-state index contributed by atoms with van der Waals surface area (Å²) >= 11 is 17.8. The summed E-state index contributed by atoms with van der Waals surface area (Å²) in [4.78, 5) is 11.0. The fourth-order valence-corrected chi connectivity index (χ4v) is 2.45. The lowest BCUT2D eigenvalue weighted by atomic mass is 10.2. The first-order chi connectivity index (χ1) is 11.6. The van der Waals surface area contributed by atoms with E-state index in [0.29, 0.717) is 0 Å². The van der Waals surface area contributed by atoms with E-state index < -0.39 is 11.7 Å². The van der Waals surface area contributed by atoms with Gasteiger partial charge in [-0.05, 0) is 31.2 Å². The molecule has 0 amide bonds. The van der Waals surface area contributed by atoms with Crippen molar-refractivity contribution in [2.24, 2.45) is 0 Å². The zero-order valence-electron chi connectivity index (χ0n) is 12.6. The molecule has 3 nitrogen and oxygen atoms in total. The van der Waals surface area contributed by atoms with Gasteiger partial charge in [0.05, 0.1) is 20.6 Å². The second-order valence-electron chi connectivity index (χ2n) is 4.95. The third-order valence-electron chi connectivity index (χ3n) is 2.90. The van der Waals surface area contributed by atoms with Crippen molar-refractivity contribution in [3.63, 3.8) is 0 Å². The van der Waals surface area contributed by atoms with Crippen molar-refractivity contribution in [1.82, 2.24) is 0 Å². The van der Waals surface area contributed by atoms with E-state index in [2.05, 4.69) is 0 Å². The lowest BCUT2D eigenvalue weighted by Crippen LogP contribution is -2.07. The lowest BCUT2D eigenvalue weighted by molar-refractivity contribution is -0.137. The zero-order chi connectivity index (χ0) is 18.8. The molecule has 0 atom stereocenters. The molecule has 0 aliphatic rings. The third kappa shape index (κ3) is 5.17. The Kier molecular flexibility index (Phi) is 6.08. The monoisotopic (exact) mass is 412 g/mol. The maximum Gasteiger partial charge on any atom is 0.416 e. The van der Waals surface area contributed by atoms with E-state index in [9.17, 15) is 18.0 Å². The Hall–Kier alpha value is -1.63. The molecule has 0 aromatic heterocycles. The minimum absolute atomic E-state index is 0.0311.